The standard InChI is InChI=1S/C21H26N2O6/c1-4-6-7-17-22-19(25)16(12-18(24)29-5-2)20(26)23(17)13-14-8-10-15(11-9-14)21(27)28-3/h8-11,25H,4-7,12-13H2,1-3H3. The van der Waals surface area contributed by atoms with Crippen molar-refractivity contribution in [2.45, 2.75) is 46.1 Å². The second-order valence-electron chi connectivity index (χ2n) is 6.50. The predicted molar refractivity (Wildman–Crippen MR) is 106 cm³/mol. The first-order valence-corrected chi connectivity index (χ1v) is 9.55. The van der Waals surface area contributed by atoms with Crippen molar-refractivity contribution in [2.24, 2.45) is 0 Å². The lowest BCUT2D eigenvalue weighted by molar-refractivity contribution is -0.142. The van der Waals surface area contributed by atoms with Crippen LogP contribution in [0.5, 0.6) is 5.88 Å². The van der Waals surface area contributed by atoms with Gasteiger partial charge in [-0.05, 0) is 31.0 Å². The van der Waals surface area contributed by atoms with Crippen molar-refractivity contribution in [2.75, 3.05) is 13.7 Å². The SMILES string of the molecule is CCCCc1nc(O)c(CC(=O)OCC)c(=O)n1Cc1ccc(C(=O)OC)cc1. The summed E-state index contributed by atoms with van der Waals surface area (Å²) in [5, 5.41) is 10.2. The fourth-order valence-electron chi connectivity index (χ4n) is 2.87. The molecule has 1 N–H and O–H groups in total. The summed E-state index contributed by atoms with van der Waals surface area (Å²) in [4.78, 5) is 40.6. The molecule has 0 aliphatic rings. The summed E-state index contributed by atoms with van der Waals surface area (Å²) in [6.07, 6.45) is 1.86. The van der Waals surface area contributed by atoms with E-state index in [0.717, 1.165) is 18.4 Å². The Balaban J connectivity index is 2.42. The van der Waals surface area contributed by atoms with Gasteiger partial charge in [-0.3, -0.25) is 14.2 Å². The Kier molecular flexibility index (Phi) is 7.94. The summed E-state index contributed by atoms with van der Waals surface area (Å²) in [7, 11) is 1.31. The van der Waals surface area contributed by atoms with Crippen LogP contribution in [0.1, 0.15) is 54.0 Å². The van der Waals surface area contributed by atoms with Gasteiger partial charge in [-0.25, -0.2) is 4.79 Å². The van der Waals surface area contributed by atoms with Crippen LogP contribution in [0.3, 0.4) is 0 Å². The van der Waals surface area contributed by atoms with Gasteiger partial charge in [-0.2, -0.15) is 4.98 Å². The third-order valence-electron chi connectivity index (χ3n) is 4.42. The number of unbranched alkanes of at least 4 members (excludes halogenated alkanes) is 1. The molecule has 0 aliphatic carbocycles. The van der Waals surface area contributed by atoms with E-state index < -0.39 is 23.4 Å². The van der Waals surface area contributed by atoms with E-state index in [1.165, 1.54) is 11.7 Å². The molecule has 0 fully saturated rings. The summed E-state index contributed by atoms with van der Waals surface area (Å²) < 4.78 is 11.0. The zero-order valence-corrected chi connectivity index (χ0v) is 16.9. The lowest BCUT2D eigenvalue weighted by Crippen LogP contribution is -2.30. The number of ether oxygens (including phenoxy) is 2. The maximum atomic E-state index is 13.0. The van der Waals surface area contributed by atoms with E-state index in [0.29, 0.717) is 17.8 Å². The normalized spacial score (nSPS) is 10.6. The second-order valence-corrected chi connectivity index (χ2v) is 6.50. The number of nitrogens with zero attached hydrogens (tertiary/aromatic N) is 2. The van der Waals surface area contributed by atoms with E-state index in [9.17, 15) is 19.5 Å². The van der Waals surface area contributed by atoms with Gasteiger partial charge in [-0.15, -0.1) is 0 Å². The van der Waals surface area contributed by atoms with Crippen molar-refractivity contribution in [3.05, 3.63) is 57.1 Å². The van der Waals surface area contributed by atoms with Gasteiger partial charge in [0.25, 0.3) is 5.56 Å². The first-order chi connectivity index (χ1) is 13.9. The highest BCUT2D eigenvalue weighted by atomic mass is 16.5. The van der Waals surface area contributed by atoms with Gasteiger partial charge in [0.1, 0.15) is 5.82 Å². The van der Waals surface area contributed by atoms with Gasteiger partial charge in [-0.1, -0.05) is 25.5 Å². The number of aryl methyl sites for hydroxylation is 1. The molecule has 0 spiro atoms. The number of methoxy groups -OCH3 is 1. The number of carbonyl (C=O) groups excluding carboxylic acids is 2. The molecular formula is C21H26N2O6. The number of aromatic hydroxyl groups is 1. The molecule has 0 unspecified atom stereocenters. The van der Waals surface area contributed by atoms with E-state index in [1.807, 2.05) is 6.92 Å². The van der Waals surface area contributed by atoms with Crippen molar-refractivity contribution in [3.63, 3.8) is 0 Å². The first kappa shape index (κ1) is 22.1. The smallest absolute Gasteiger partial charge is 0.337 e. The van der Waals surface area contributed by atoms with Crippen LogP contribution in [0.15, 0.2) is 29.1 Å². The molecule has 2 aromatic rings. The Morgan fingerprint density at radius 3 is 2.45 bits per heavy atom. The van der Waals surface area contributed by atoms with Gasteiger partial charge >= 0.3 is 11.9 Å². The van der Waals surface area contributed by atoms with E-state index in [-0.39, 0.29) is 25.1 Å². The van der Waals surface area contributed by atoms with Gasteiger partial charge in [0.05, 0.1) is 37.8 Å². The van der Waals surface area contributed by atoms with Gasteiger partial charge in [0.2, 0.25) is 5.88 Å². The number of hydrogen-bond donors (Lipinski definition) is 1. The average molecular weight is 402 g/mol. The zero-order chi connectivity index (χ0) is 21.4. The topological polar surface area (TPSA) is 108 Å². The Morgan fingerprint density at radius 2 is 1.86 bits per heavy atom. The zero-order valence-electron chi connectivity index (χ0n) is 16.9. The van der Waals surface area contributed by atoms with E-state index in [2.05, 4.69) is 9.72 Å². The Hall–Kier alpha value is -3.16. The molecule has 2 rings (SSSR count). The van der Waals surface area contributed by atoms with Crippen LogP contribution in [0, 0.1) is 0 Å². The molecule has 8 nitrogen and oxygen atoms in total. The summed E-state index contributed by atoms with van der Waals surface area (Å²) in [5.41, 5.74) is 0.609. The van der Waals surface area contributed by atoms with E-state index in [1.54, 1.807) is 31.2 Å². The van der Waals surface area contributed by atoms with Crippen LogP contribution in [-0.2, 0) is 33.7 Å². The van der Waals surface area contributed by atoms with Crippen LogP contribution in [-0.4, -0.2) is 40.3 Å². The quantitative estimate of drug-likeness (QED) is 0.641. The molecule has 0 atom stereocenters. The van der Waals surface area contributed by atoms with Crippen molar-refractivity contribution in [1.82, 2.24) is 9.55 Å². The number of esters is 2. The molecule has 156 valence electrons. The molecular weight excluding hydrogens is 376 g/mol. The van der Waals surface area contributed by atoms with Crippen LogP contribution in [0.25, 0.3) is 0 Å². The summed E-state index contributed by atoms with van der Waals surface area (Å²) in [6, 6.07) is 6.68. The molecule has 8 heteroatoms. The van der Waals surface area contributed by atoms with Crippen LogP contribution in [0.2, 0.25) is 0 Å². The largest absolute Gasteiger partial charge is 0.493 e. The van der Waals surface area contributed by atoms with Crippen molar-refractivity contribution < 1.29 is 24.2 Å². The number of hydrogen-bond acceptors (Lipinski definition) is 7. The van der Waals surface area contributed by atoms with Crippen LogP contribution in [0.4, 0.5) is 0 Å². The highest BCUT2D eigenvalue weighted by molar-refractivity contribution is 5.89. The number of carbonyl (C=O) groups is 2. The maximum absolute atomic E-state index is 13.0. The minimum absolute atomic E-state index is 0.0881. The number of benzene rings is 1. The first-order valence-electron chi connectivity index (χ1n) is 9.55. The van der Waals surface area contributed by atoms with Crippen LogP contribution >= 0.6 is 0 Å². The Labute approximate surface area is 169 Å². The molecule has 1 aromatic carbocycles. The molecule has 0 amide bonds. The van der Waals surface area contributed by atoms with Gasteiger partial charge in [0.15, 0.2) is 0 Å². The summed E-state index contributed by atoms with van der Waals surface area (Å²) >= 11 is 0. The number of rotatable bonds is 9. The third kappa shape index (κ3) is 5.66. The fraction of sp³-hybridized carbons (Fsp3) is 0.429. The minimum atomic E-state index is -0.600. The van der Waals surface area contributed by atoms with Crippen molar-refractivity contribution in [3.8, 4) is 5.88 Å². The Morgan fingerprint density at radius 1 is 1.17 bits per heavy atom. The monoisotopic (exact) mass is 402 g/mol. The molecule has 29 heavy (non-hydrogen) atoms. The van der Waals surface area contributed by atoms with Gasteiger partial charge in [0, 0.05) is 6.42 Å². The minimum Gasteiger partial charge on any atom is -0.493 e. The maximum Gasteiger partial charge on any atom is 0.337 e. The molecule has 0 saturated heterocycles. The molecule has 1 heterocycles. The molecule has 0 saturated carbocycles. The highest BCUT2D eigenvalue weighted by Crippen LogP contribution is 2.15. The van der Waals surface area contributed by atoms with E-state index in [4.69, 9.17) is 4.74 Å². The van der Waals surface area contributed by atoms with Gasteiger partial charge < -0.3 is 14.6 Å². The van der Waals surface area contributed by atoms with Crippen molar-refractivity contribution in [1.29, 1.82) is 0 Å². The molecule has 0 bridgehead atoms. The molecule has 0 radical (unpaired) electrons. The summed E-state index contributed by atoms with van der Waals surface area (Å²) in [5.74, 6) is -1.04. The second kappa shape index (κ2) is 10.4. The van der Waals surface area contributed by atoms with Crippen LogP contribution < -0.4 is 5.56 Å². The lowest BCUT2D eigenvalue weighted by atomic mass is 10.1. The predicted octanol–water partition coefficient (Wildman–Crippen LogP) is 2.23. The van der Waals surface area contributed by atoms with Crippen molar-refractivity contribution >= 4 is 11.9 Å². The summed E-state index contributed by atoms with van der Waals surface area (Å²) in [6.45, 7) is 4.06. The molecule has 1 aromatic heterocycles. The lowest BCUT2D eigenvalue weighted by Gasteiger charge is -2.15. The number of aromatic nitrogens is 2. The highest BCUT2D eigenvalue weighted by Gasteiger charge is 2.19. The van der Waals surface area contributed by atoms with E-state index >= 15 is 0 Å². The third-order valence-corrected chi connectivity index (χ3v) is 4.42. The molecule has 0 aliphatic heterocycles. The average Bonchev–Trinajstić information content (AvgIpc) is 2.72. The Bertz CT molecular complexity index is 918. The fourth-order valence-corrected chi connectivity index (χ4v) is 2.87.